The van der Waals surface area contributed by atoms with E-state index >= 15 is 4.39 Å². The van der Waals surface area contributed by atoms with Crippen LogP contribution < -0.4 is 10.2 Å². The van der Waals surface area contributed by atoms with Gasteiger partial charge in [-0.15, -0.1) is 0 Å². The van der Waals surface area contributed by atoms with E-state index in [4.69, 9.17) is 28.3 Å². The lowest BCUT2D eigenvalue weighted by atomic mass is 9.86. The Hall–Kier alpha value is -4.34. The molecule has 1 fully saturated rings. The third kappa shape index (κ3) is 5.34. The molecule has 4 rings (SSSR count). The highest BCUT2D eigenvalue weighted by Gasteiger charge is 2.53. The molecule has 3 aromatic rings. The van der Waals surface area contributed by atoms with Gasteiger partial charge in [-0.05, 0) is 42.0 Å². The highest BCUT2D eigenvalue weighted by atomic mass is 35.5. The normalized spacial score (nSPS) is 17.2. The number of hydrogen-bond donors (Lipinski definition) is 2. The molecule has 2 atom stereocenters. The van der Waals surface area contributed by atoms with Crippen molar-refractivity contribution in [2.75, 3.05) is 10.2 Å². The lowest BCUT2D eigenvalue weighted by molar-refractivity contribution is -0.135. The van der Waals surface area contributed by atoms with Gasteiger partial charge in [0.1, 0.15) is 5.92 Å². The van der Waals surface area contributed by atoms with E-state index in [1.807, 2.05) is 0 Å². The molecule has 8 nitrogen and oxygen atoms in total. The number of carboxylic acids is 1. The molecule has 192 valence electrons. The quantitative estimate of drug-likeness (QED) is 0.186. The first-order chi connectivity index (χ1) is 18.1. The molecule has 1 aliphatic heterocycles. The Labute approximate surface area is 225 Å². The summed E-state index contributed by atoms with van der Waals surface area (Å²) in [5.74, 6) is -7.44. The average molecular weight is 555 g/mol. The molecule has 3 aromatic carbocycles. The van der Waals surface area contributed by atoms with E-state index < -0.39 is 47.1 Å². The summed E-state index contributed by atoms with van der Waals surface area (Å²) in [6.07, 6.45) is 1.44. The van der Waals surface area contributed by atoms with Gasteiger partial charge in [0.15, 0.2) is 11.6 Å². The van der Waals surface area contributed by atoms with Crippen molar-refractivity contribution in [1.29, 1.82) is 0 Å². The van der Waals surface area contributed by atoms with E-state index in [1.165, 1.54) is 66.7 Å². The lowest BCUT2D eigenvalue weighted by Crippen LogP contribution is -2.31. The topological polar surface area (TPSA) is 121 Å². The number of carbonyl (C=O) groups excluding carboxylic acids is 4. The van der Waals surface area contributed by atoms with E-state index in [9.17, 15) is 24.0 Å². The van der Waals surface area contributed by atoms with Crippen LogP contribution in [0, 0.1) is 11.7 Å². The van der Waals surface area contributed by atoms with Gasteiger partial charge in [0, 0.05) is 28.4 Å². The van der Waals surface area contributed by atoms with Crippen LogP contribution in [0.4, 0.5) is 15.8 Å². The molecule has 38 heavy (non-hydrogen) atoms. The van der Waals surface area contributed by atoms with Gasteiger partial charge in [0.2, 0.25) is 11.7 Å². The van der Waals surface area contributed by atoms with Gasteiger partial charge in [-0.1, -0.05) is 53.5 Å². The number of aliphatic carboxylic acids is 1. The van der Waals surface area contributed by atoms with Gasteiger partial charge < -0.3 is 10.4 Å². The zero-order chi connectivity index (χ0) is 27.6. The molecule has 0 aromatic heterocycles. The van der Waals surface area contributed by atoms with Gasteiger partial charge in [-0.3, -0.25) is 24.1 Å². The fourth-order valence-corrected chi connectivity index (χ4v) is 4.43. The van der Waals surface area contributed by atoms with E-state index in [2.05, 4.69) is 5.32 Å². The number of carbonyl (C=O) groups is 5. The minimum atomic E-state index is -1.56. The minimum absolute atomic E-state index is 0.0106. The number of halogens is 3. The summed E-state index contributed by atoms with van der Waals surface area (Å²) in [5, 5.41) is 11.2. The van der Waals surface area contributed by atoms with Crippen molar-refractivity contribution in [2.45, 2.75) is 6.04 Å². The summed E-state index contributed by atoms with van der Waals surface area (Å²) in [6.45, 7) is 0. The summed E-state index contributed by atoms with van der Waals surface area (Å²) < 4.78 is 15.0. The number of hydrogen-bond acceptors (Lipinski definition) is 5. The van der Waals surface area contributed by atoms with Crippen LogP contribution in [0.25, 0.3) is 0 Å². The van der Waals surface area contributed by atoms with Crippen molar-refractivity contribution >= 4 is 63.9 Å². The highest BCUT2D eigenvalue weighted by molar-refractivity contribution is 6.49. The SMILES string of the molecule is O=C(O)/C=C/C(=O)Nc1cccc(C(=O)C2C(=O)C(=O)N(c3cccc(Cl)c3F)C2c2ccc(Cl)cc2)c1. The maximum absolute atomic E-state index is 15.0. The molecule has 0 radical (unpaired) electrons. The Kier molecular flexibility index (Phi) is 7.70. The predicted molar refractivity (Wildman–Crippen MR) is 138 cm³/mol. The zero-order valence-electron chi connectivity index (χ0n) is 19.2. The second-order valence-corrected chi connectivity index (χ2v) is 9.04. The van der Waals surface area contributed by atoms with Crippen molar-refractivity contribution in [2.24, 2.45) is 5.92 Å². The monoisotopic (exact) mass is 554 g/mol. The van der Waals surface area contributed by atoms with Gasteiger partial charge >= 0.3 is 5.97 Å². The molecule has 0 bridgehead atoms. The smallest absolute Gasteiger partial charge is 0.328 e. The van der Waals surface area contributed by atoms with Crippen LogP contribution in [0.3, 0.4) is 0 Å². The van der Waals surface area contributed by atoms with Crippen molar-refractivity contribution in [1.82, 2.24) is 0 Å². The number of carboxylic acid groups (broad SMARTS) is 1. The molecule has 2 unspecified atom stereocenters. The zero-order valence-corrected chi connectivity index (χ0v) is 20.7. The average Bonchev–Trinajstić information content (AvgIpc) is 3.14. The van der Waals surface area contributed by atoms with Gasteiger partial charge in [-0.2, -0.15) is 0 Å². The largest absolute Gasteiger partial charge is 0.478 e. The van der Waals surface area contributed by atoms with Crippen LogP contribution in [0.15, 0.2) is 78.9 Å². The van der Waals surface area contributed by atoms with Crippen molar-refractivity contribution in [3.8, 4) is 0 Å². The third-order valence-electron chi connectivity index (χ3n) is 5.78. The first kappa shape index (κ1) is 26.7. The fraction of sp³-hybridized carbons (Fsp3) is 0.0741. The standard InChI is InChI=1S/C27H17Cl2FN2O6/c28-16-9-7-14(8-10-16)24-22(26(37)27(38)32(24)19-6-2-5-18(29)23(19)30)25(36)15-3-1-4-17(13-15)31-20(33)11-12-21(34)35/h1-13,22,24H,(H,31,33)(H,34,35)/b12-11+. The molecular formula is C27H17Cl2FN2O6. The second-order valence-electron chi connectivity index (χ2n) is 8.19. The predicted octanol–water partition coefficient (Wildman–Crippen LogP) is 4.87. The number of amides is 2. The number of rotatable bonds is 7. The summed E-state index contributed by atoms with van der Waals surface area (Å²) in [7, 11) is 0. The first-order valence-electron chi connectivity index (χ1n) is 11.0. The molecule has 1 heterocycles. The molecule has 11 heteroatoms. The van der Waals surface area contributed by atoms with Crippen molar-refractivity contribution in [3.05, 3.63) is 106 Å². The summed E-state index contributed by atoms with van der Waals surface area (Å²) >= 11 is 11.9. The van der Waals surface area contributed by atoms with Crippen LogP contribution >= 0.6 is 23.2 Å². The number of Topliss-reactive ketones (excluding diaryl/α,β-unsaturated/α-hetero) is 2. The summed E-state index contributed by atoms with van der Waals surface area (Å²) in [4.78, 5) is 63.6. The van der Waals surface area contributed by atoms with Gasteiger partial charge in [0.05, 0.1) is 16.8 Å². The first-order valence-corrected chi connectivity index (χ1v) is 11.8. The number of ketones is 2. The Morgan fingerprint density at radius 3 is 2.32 bits per heavy atom. The molecule has 0 spiro atoms. The summed E-state index contributed by atoms with van der Waals surface area (Å²) in [6, 6.07) is 14.4. The van der Waals surface area contributed by atoms with Crippen molar-refractivity contribution in [3.63, 3.8) is 0 Å². The van der Waals surface area contributed by atoms with E-state index in [0.29, 0.717) is 16.7 Å². The van der Waals surface area contributed by atoms with E-state index in [1.54, 1.807) is 0 Å². The molecule has 2 amide bonds. The Balaban J connectivity index is 1.76. The Morgan fingerprint density at radius 2 is 1.63 bits per heavy atom. The Bertz CT molecular complexity index is 1510. The minimum Gasteiger partial charge on any atom is -0.478 e. The molecule has 2 N–H and O–H groups in total. The number of nitrogens with one attached hydrogen (secondary N) is 1. The lowest BCUT2D eigenvalue weighted by Gasteiger charge is -2.28. The van der Waals surface area contributed by atoms with Crippen molar-refractivity contribution < 1.29 is 33.5 Å². The van der Waals surface area contributed by atoms with Gasteiger partial charge in [0.25, 0.3) is 5.91 Å². The maximum Gasteiger partial charge on any atom is 0.328 e. The Morgan fingerprint density at radius 1 is 0.947 bits per heavy atom. The molecule has 1 aliphatic rings. The van der Waals surface area contributed by atoms with Crippen LogP contribution in [0.1, 0.15) is 22.0 Å². The number of benzene rings is 3. The fourth-order valence-electron chi connectivity index (χ4n) is 4.13. The van der Waals surface area contributed by atoms with E-state index in [-0.39, 0.29) is 22.0 Å². The van der Waals surface area contributed by atoms with Crippen LogP contribution in [-0.4, -0.2) is 34.5 Å². The van der Waals surface area contributed by atoms with Crippen LogP contribution in [-0.2, 0) is 19.2 Å². The number of nitrogens with zero attached hydrogens (tertiary/aromatic N) is 1. The maximum atomic E-state index is 15.0. The third-order valence-corrected chi connectivity index (χ3v) is 6.33. The van der Waals surface area contributed by atoms with Gasteiger partial charge in [-0.25, -0.2) is 9.18 Å². The molecule has 0 saturated carbocycles. The molecule has 1 saturated heterocycles. The second kappa shape index (κ2) is 11.0. The molecular weight excluding hydrogens is 538 g/mol. The summed E-state index contributed by atoms with van der Waals surface area (Å²) in [5.41, 5.74) is 0.226. The van der Waals surface area contributed by atoms with Crippen LogP contribution in [0.2, 0.25) is 10.0 Å². The number of anilines is 2. The van der Waals surface area contributed by atoms with E-state index in [0.717, 1.165) is 11.0 Å². The highest BCUT2D eigenvalue weighted by Crippen LogP contribution is 2.43. The van der Waals surface area contributed by atoms with Crippen LogP contribution in [0.5, 0.6) is 0 Å². The molecule has 0 aliphatic carbocycles.